The molecule has 10 atom stereocenters. The van der Waals surface area contributed by atoms with Crippen LogP contribution in [0.2, 0.25) is 0 Å². The molecule has 27 heteroatoms. The zero-order valence-corrected chi connectivity index (χ0v) is 91.2. The summed E-state index contributed by atoms with van der Waals surface area (Å²) >= 11 is 0. The van der Waals surface area contributed by atoms with E-state index in [2.05, 4.69) is 39.1 Å². The quantitative estimate of drug-likeness (QED) is 0.0195. The maximum atomic E-state index is 11.3. The van der Waals surface area contributed by atoms with E-state index >= 15 is 0 Å². The minimum atomic E-state index is -0.714. The summed E-state index contributed by atoms with van der Waals surface area (Å²) in [5.41, 5.74) is -1.96. The average molecular weight is 1860 g/mol. The first-order valence-electron chi connectivity index (χ1n) is 48.0. The van der Waals surface area contributed by atoms with Crippen molar-refractivity contribution in [2.45, 2.75) is 444 Å². The number of esters is 11. The molecule has 0 spiro atoms. The highest BCUT2D eigenvalue weighted by atomic mass is 16.6. The number of carbonyl (C=O) groups excluding carboxylic acids is 13. The molecular weight excluding hydrogens is 1650 g/mol. The van der Waals surface area contributed by atoms with E-state index < -0.39 is 5.41 Å². The zero-order valence-electron chi connectivity index (χ0n) is 91.2. The number of aliphatic imine (C=N–C) groups is 1. The zero-order chi connectivity index (χ0) is 105. The number of nitrogens with zero attached hydrogens (tertiary/aromatic N) is 2. The Bertz CT molecular complexity index is 2800. The van der Waals surface area contributed by atoms with Gasteiger partial charge in [0.05, 0.1) is 143 Å². The van der Waals surface area contributed by atoms with Crippen molar-refractivity contribution < 1.29 is 120 Å². The van der Waals surface area contributed by atoms with Crippen LogP contribution in [0.3, 0.4) is 0 Å². The molecule has 10 unspecified atom stereocenters. The Kier molecular flexibility index (Phi) is 120. The van der Waals surface area contributed by atoms with Crippen LogP contribution >= 0.6 is 0 Å². The SMILES string of the molecule is CCC(=O)OC(C)CC.CCC(C)(C)C(=O)OC.CCC(C)(CO)C(=O)OC.CCC(C)C#N.CCC(C)C(=O)C(C)C.CCC(C)C(=O)OC.CCC(C)N=C=O.CCC(C)OC(C)=O.CCCCOC(=O)C(C)(C)CC.CCCCOC(=O)C(C)CC.CCCOC(=O)C(C)(C)CC.CCCOC(=O)C(C)CC.CCOC(=O)C(C)(C)CC.CCOC(=O)C(C)CC. The van der Waals surface area contributed by atoms with Crippen molar-refractivity contribution in [3.63, 3.8) is 0 Å². The van der Waals surface area contributed by atoms with Crippen LogP contribution in [0.1, 0.15) is 426 Å². The van der Waals surface area contributed by atoms with Crippen molar-refractivity contribution in [2.24, 2.45) is 73.5 Å². The molecule has 0 aliphatic carbocycles. The molecule has 770 valence electrons. The molecule has 0 saturated carbocycles. The van der Waals surface area contributed by atoms with E-state index in [-0.39, 0.29) is 154 Å². The summed E-state index contributed by atoms with van der Waals surface area (Å²) in [6.45, 7) is 83.6. The Labute approximate surface area is 789 Å². The molecule has 0 aromatic heterocycles. The molecule has 0 rings (SSSR count). The number of nitriles is 1. The molecule has 0 radical (unpaired) electrons. The van der Waals surface area contributed by atoms with Gasteiger partial charge in [-0.25, -0.2) is 9.79 Å². The number of carbonyl (C=O) groups is 12. The van der Waals surface area contributed by atoms with Crippen molar-refractivity contribution in [2.75, 3.05) is 67.6 Å². The third kappa shape index (κ3) is 104. The molecule has 0 amide bonds. The molecule has 0 aromatic carbocycles. The topological polar surface area (TPSA) is 380 Å². The van der Waals surface area contributed by atoms with Gasteiger partial charge in [0.2, 0.25) is 6.08 Å². The molecule has 1 N–H and O–H groups in total. The Hall–Kier alpha value is -7.33. The van der Waals surface area contributed by atoms with Gasteiger partial charge in [-0.2, -0.15) is 5.26 Å². The van der Waals surface area contributed by atoms with Gasteiger partial charge in [-0.05, 0) is 219 Å². The number of unbranched alkanes of at least 4 members (excludes halogenated alkanes) is 2. The number of hydrogen-bond acceptors (Lipinski definition) is 27. The largest absolute Gasteiger partial charge is 0.469 e. The fourth-order valence-electron chi connectivity index (χ4n) is 6.40. The third-order valence-electron chi connectivity index (χ3n) is 20.4. The van der Waals surface area contributed by atoms with Crippen LogP contribution in [0.4, 0.5) is 0 Å². The number of ketones is 1. The number of hydrogen-bond donors (Lipinski definition) is 1. The van der Waals surface area contributed by atoms with E-state index in [1.165, 1.54) is 34.3 Å². The van der Waals surface area contributed by atoms with Crippen molar-refractivity contribution in [1.82, 2.24) is 0 Å². The first-order chi connectivity index (χ1) is 59.7. The molecule has 129 heavy (non-hydrogen) atoms. The number of methoxy groups -OCH3 is 3. The number of Topliss-reactive ketones (excluding diaryl/α,β-unsaturated/α-hetero) is 1. The third-order valence-corrected chi connectivity index (χ3v) is 20.4. The van der Waals surface area contributed by atoms with Crippen molar-refractivity contribution >= 4 is 77.5 Å². The summed E-state index contributed by atoms with van der Waals surface area (Å²) in [4.78, 5) is 143. The van der Waals surface area contributed by atoms with E-state index in [1.807, 2.05) is 256 Å². The van der Waals surface area contributed by atoms with Gasteiger partial charge in [-0.15, -0.1) is 0 Å². The molecule has 0 aromatic rings. The van der Waals surface area contributed by atoms with Gasteiger partial charge in [0.1, 0.15) is 5.78 Å². The second kappa shape index (κ2) is 101. The van der Waals surface area contributed by atoms with Crippen LogP contribution in [0.5, 0.6) is 0 Å². The fourth-order valence-corrected chi connectivity index (χ4v) is 6.40. The predicted molar refractivity (Wildman–Crippen MR) is 523 cm³/mol. The van der Waals surface area contributed by atoms with Crippen LogP contribution in [0, 0.1) is 79.8 Å². The number of aliphatic hydroxyl groups excluding tert-OH is 1. The Morgan fingerprint density at radius 2 is 0.674 bits per heavy atom. The monoisotopic (exact) mass is 1860 g/mol. The van der Waals surface area contributed by atoms with Crippen LogP contribution in [-0.4, -0.2) is 168 Å². The highest BCUT2D eigenvalue weighted by molar-refractivity contribution is 5.82. The van der Waals surface area contributed by atoms with Gasteiger partial charge in [0.25, 0.3) is 0 Å². The maximum Gasteiger partial charge on any atom is 0.313 e. The summed E-state index contributed by atoms with van der Waals surface area (Å²) in [6, 6.07) is 2.27. The fraction of sp³-hybridized carbons (Fsp3) is 0.863. The standard InChI is InChI=1S/C10H20O2.2C9H18O2.2C8H16O2.C8H16O.C7H14O3.3C7H14O2.2C6H12O2.C5H9NO.C5H9N/c1-5-7-8-12-9(11)10(3,4)6-2;1-5-7-11-8(10)9(3,4)6-2;1-4-6-7-11-9(10)8(3)5-2;1-5-8(3,4)7(9)10-6-2;1-4-6-10-8(9)7(3)5-2;1-5-7(4)8(9)6(2)3;1-4-7(2,5-8)6(9)10-3;1-5-7(2,3)6(8)9-4;1-4-6(3)7(8)9-5-2;1-4-6(3)9-7(8)5-2;1-4-5(2)6(7)8-3;1-4-5(2)8-6(3)7;1-3-5(2)6-4-7;1-3-5(2)4-6/h5-8H2,1-4H3;5-7H2,1-4H3;8H,4-7H2,1-3H3;5-6H2,1-4H3;7H,4-6H2,1-3H3;6-7H,5H2,1-4H3;8H,4-5H2,1-3H3;5H2,1-4H3;2*6H,4-5H2,1-3H3;2*5H,4H2,1-3H3;5H,3H2,1-2H3;5H,3H2,1-2H3. The van der Waals surface area contributed by atoms with E-state index in [1.54, 1.807) is 13.8 Å². The summed E-state index contributed by atoms with van der Waals surface area (Å²) in [5, 5.41) is 16.9. The van der Waals surface area contributed by atoms with Crippen molar-refractivity contribution in [3.8, 4) is 6.07 Å². The summed E-state index contributed by atoms with van der Waals surface area (Å²) in [5.74, 6) is -0.0300. The lowest BCUT2D eigenvalue weighted by atomic mass is 9.89. The van der Waals surface area contributed by atoms with E-state index in [0.717, 1.165) is 122 Å². The summed E-state index contributed by atoms with van der Waals surface area (Å²) in [6.07, 6.45) is 20.0. The average Bonchev–Trinajstić information content (AvgIpc) is 0.884. The Morgan fingerprint density at radius 1 is 0.357 bits per heavy atom. The smallest absolute Gasteiger partial charge is 0.313 e. The summed E-state index contributed by atoms with van der Waals surface area (Å²) < 4.78 is 52.8. The lowest BCUT2D eigenvalue weighted by Gasteiger charge is -2.21. The first-order valence-corrected chi connectivity index (χ1v) is 48.0. The molecule has 0 bridgehead atoms. The molecule has 27 nitrogen and oxygen atoms in total. The van der Waals surface area contributed by atoms with Crippen molar-refractivity contribution in [1.29, 1.82) is 5.26 Å². The van der Waals surface area contributed by atoms with Gasteiger partial charge in [0, 0.05) is 31.1 Å². The second-order valence-corrected chi connectivity index (χ2v) is 34.2. The molecule has 0 saturated heterocycles. The van der Waals surface area contributed by atoms with Gasteiger partial charge in [-0.3, -0.25) is 57.5 Å². The summed E-state index contributed by atoms with van der Waals surface area (Å²) in [7, 11) is 4.15. The Balaban J connectivity index is -0.0000000922. The van der Waals surface area contributed by atoms with Gasteiger partial charge in [0.15, 0.2) is 0 Å². The van der Waals surface area contributed by atoms with Crippen LogP contribution in [0.25, 0.3) is 0 Å². The molecule has 0 fully saturated rings. The highest BCUT2D eigenvalue weighted by Crippen LogP contribution is 2.25. The molecule has 0 aliphatic heterocycles. The highest BCUT2D eigenvalue weighted by Gasteiger charge is 2.32. The number of aliphatic hydroxyl groups is 1. The molecular formula is C102H202N2O25. The first kappa shape index (κ1) is 153. The number of ether oxygens (including phenoxy) is 11. The lowest BCUT2D eigenvalue weighted by Crippen LogP contribution is -2.31. The molecule has 0 aliphatic rings. The van der Waals surface area contributed by atoms with Gasteiger partial charge >= 0.3 is 65.7 Å². The lowest BCUT2D eigenvalue weighted by molar-refractivity contribution is -0.155. The van der Waals surface area contributed by atoms with E-state index in [9.17, 15) is 62.3 Å². The number of isocyanates is 1. The van der Waals surface area contributed by atoms with Crippen molar-refractivity contribution in [3.05, 3.63) is 0 Å². The van der Waals surface area contributed by atoms with Gasteiger partial charge < -0.3 is 57.2 Å². The van der Waals surface area contributed by atoms with E-state index in [4.69, 9.17) is 48.3 Å². The Morgan fingerprint density at radius 3 is 0.876 bits per heavy atom. The maximum absolute atomic E-state index is 11.3. The van der Waals surface area contributed by atoms with E-state index in [0.29, 0.717) is 58.3 Å². The second-order valence-electron chi connectivity index (χ2n) is 34.2. The molecule has 0 heterocycles. The minimum Gasteiger partial charge on any atom is -0.469 e. The van der Waals surface area contributed by atoms with Crippen LogP contribution in [-0.2, 0) is 114 Å². The van der Waals surface area contributed by atoms with Crippen LogP contribution in [0.15, 0.2) is 4.99 Å². The predicted octanol–water partition coefficient (Wildman–Crippen LogP) is 24.5. The van der Waals surface area contributed by atoms with Gasteiger partial charge in [-0.1, -0.05) is 193 Å². The minimum absolute atomic E-state index is 0.0547. The normalized spacial score (nSPS) is 12.6. The van der Waals surface area contributed by atoms with Crippen LogP contribution < -0.4 is 0 Å². The number of rotatable bonds is 42.